The lowest BCUT2D eigenvalue weighted by molar-refractivity contribution is 0.209. The topological polar surface area (TPSA) is 43.4 Å². The van der Waals surface area contributed by atoms with Crippen LogP contribution < -0.4 is 0 Å². The summed E-state index contributed by atoms with van der Waals surface area (Å²) in [5.74, 6) is 0. The molecule has 20 heavy (non-hydrogen) atoms. The number of rotatable bonds is 3. The van der Waals surface area contributed by atoms with Crippen molar-refractivity contribution >= 4 is 10.1 Å². The summed E-state index contributed by atoms with van der Waals surface area (Å²) in [5.41, 5.74) is 3.35. The van der Waals surface area contributed by atoms with E-state index in [2.05, 4.69) is 0 Å². The average Bonchev–Trinajstić information content (AvgIpc) is 2.39. The summed E-state index contributed by atoms with van der Waals surface area (Å²) in [4.78, 5) is 0.238. The van der Waals surface area contributed by atoms with E-state index < -0.39 is 10.1 Å². The lowest BCUT2D eigenvalue weighted by Gasteiger charge is -2.26. The van der Waals surface area contributed by atoms with Crippen LogP contribution in [0.2, 0.25) is 0 Å². The monoisotopic (exact) mass is 294 g/mol. The molecule has 1 atom stereocenters. The van der Waals surface area contributed by atoms with E-state index in [1.54, 1.807) is 24.3 Å². The van der Waals surface area contributed by atoms with Crippen LogP contribution in [0.15, 0.2) is 40.3 Å². The number of hydrogen-bond donors (Lipinski definition) is 0. The van der Waals surface area contributed by atoms with Gasteiger partial charge in [-0.2, -0.15) is 8.42 Å². The molecule has 0 aliphatic heterocycles. The Bertz CT molecular complexity index is 593. The molecule has 0 bridgehead atoms. The molecule has 3 nitrogen and oxygen atoms in total. The van der Waals surface area contributed by atoms with E-state index in [9.17, 15) is 8.42 Å². The van der Waals surface area contributed by atoms with Gasteiger partial charge in [-0.3, -0.25) is 4.18 Å². The lowest BCUT2D eigenvalue weighted by Crippen LogP contribution is -2.24. The molecule has 0 saturated heterocycles. The first kappa shape index (κ1) is 15.3. The Balaban J connectivity index is 2.23. The second-order valence-corrected chi connectivity index (χ2v) is 7.20. The van der Waals surface area contributed by atoms with E-state index >= 15 is 0 Å². The Morgan fingerprint density at radius 3 is 2.40 bits per heavy atom. The van der Waals surface area contributed by atoms with Crippen molar-refractivity contribution < 1.29 is 12.6 Å². The maximum atomic E-state index is 12.3. The Hall–Kier alpha value is -1.13. The molecule has 1 aromatic rings. The minimum Gasteiger partial charge on any atom is -0.259 e. The van der Waals surface area contributed by atoms with Crippen LogP contribution in [0.4, 0.5) is 0 Å². The highest BCUT2D eigenvalue weighted by Crippen LogP contribution is 2.31. The van der Waals surface area contributed by atoms with Crippen LogP contribution in [0.5, 0.6) is 0 Å². The molecular weight excluding hydrogens is 272 g/mol. The van der Waals surface area contributed by atoms with Crippen molar-refractivity contribution in [3.05, 3.63) is 41.0 Å². The van der Waals surface area contributed by atoms with Crippen molar-refractivity contribution in [1.82, 2.24) is 0 Å². The average molecular weight is 294 g/mol. The summed E-state index contributed by atoms with van der Waals surface area (Å²) < 4.78 is 30.2. The third-order valence-electron chi connectivity index (χ3n) is 3.75. The van der Waals surface area contributed by atoms with Crippen molar-refractivity contribution in [3.8, 4) is 0 Å². The predicted molar refractivity (Wildman–Crippen MR) is 80.1 cm³/mol. The largest absolute Gasteiger partial charge is 0.297 e. The zero-order valence-corrected chi connectivity index (χ0v) is 13.2. The first-order chi connectivity index (χ1) is 9.40. The molecule has 1 aliphatic rings. The van der Waals surface area contributed by atoms with E-state index in [-0.39, 0.29) is 11.0 Å². The van der Waals surface area contributed by atoms with Gasteiger partial charge in [-0.15, -0.1) is 0 Å². The minimum absolute atomic E-state index is 0.238. The standard InChI is InChI=1S/C16H22O3S/c1-12(2)15-6-4-5-7-16(15)19-20(17,18)14-10-8-13(3)9-11-14/h8-11,16H,4-7H2,1-3H3. The van der Waals surface area contributed by atoms with E-state index in [1.165, 1.54) is 5.57 Å². The molecule has 0 spiro atoms. The smallest absolute Gasteiger partial charge is 0.259 e. The highest BCUT2D eigenvalue weighted by atomic mass is 32.2. The summed E-state index contributed by atoms with van der Waals surface area (Å²) in [6, 6.07) is 6.79. The third-order valence-corrected chi connectivity index (χ3v) is 5.08. The second-order valence-electron chi connectivity index (χ2n) is 5.62. The van der Waals surface area contributed by atoms with Crippen molar-refractivity contribution in [1.29, 1.82) is 0 Å². The first-order valence-corrected chi connectivity index (χ1v) is 8.47. The summed E-state index contributed by atoms with van der Waals surface area (Å²) in [6.07, 6.45) is 3.57. The van der Waals surface area contributed by atoms with E-state index in [0.29, 0.717) is 0 Å². The first-order valence-electron chi connectivity index (χ1n) is 7.06. The molecule has 1 aliphatic carbocycles. The molecule has 4 heteroatoms. The van der Waals surface area contributed by atoms with E-state index in [4.69, 9.17) is 4.18 Å². The van der Waals surface area contributed by atoms with Gasteiger partial charge in [0.1, 0.15) is 0 Å². The molecule has 110 valence electrons. The lowest BCUT2D eigenvalue weighted by atomic mass is 9.89. The summed E-state index contributed by atoms with van der Waals surface area (Å²) in [7, 11) is -3.68. The Kier molecular flexibility index (Phi) is 4.66. The molecule has 2 rings (SSSR count). The molecule has 0 amide bonds. The van der Waals surface area contributed by atoms with Crippen LogP contribution in [0.25, 0.3) is 0 Å². The van der Waals surface area contributed by atoms with E-state index in [1.807, 2.05) is 20.8 Å². The van der Waals surface area contributed by atoms with Crippen molar-refractivity contribution in [2.24, 2.45) is 0 Å². The van der Waals surface area contributed by atoms with Gasteiger partial charge < -0.3 is 0 Å². The van der Waals surface area contributed by atoms with Crippen LogP contribution >= 0.6 is 0 Å². The Morgan fingerprint density at radius 2 is 1.80 bits per heavy atom. The van der Waals surface area contributed by atoms with Gasteiger partial charge in [0.05, 0.1) is 11.0 Å². The minimum atomic E-state index is -3.68. The van der Waals surface area contributed by atoms with Gasteiger partial charge in [-0.1, -0.05) is 29.7 Å². The van der Waals surface area contributed by atoms with Crippen LogP contribution in [0.1, 0.15) is 45.1 Å². The Labute approximate surface area is 121 Å². The number of benzene rings is 1. The molecule has 0 heterocycles. The molecule has 0 N–H and O–H groups in total. The third kappa shape index (κ3) is 3.49. The molecular formula is C16H22O3S. The molecule has 0 aromatic heterocycles. The van der Waals surface area contributed by atoms with Gasteiger partial charge in [0.2, 0.25) is 0 Å². The van der Waals surface area contributed by atoms with Crippen LogP contribution in [0.3, 0.4) is 0 Å². The normalized spacial score (nSPS) is 19.9. The van der Waals surface area contributed by atoms with Crippen LogP contribution in [-0.2, 0) is 14.3 Å². The highest BCUT2D eigenvalue weighted by Gasteiger charge is 2.27. The van der Waals surface area contributed by atoms with E-state index in [0.717, 1.165) is 36.8 Å². The number of allylic oxidation sites excluding steroid dienone is 1. The quantitative estimate of drug-likeness (QED) is 0.625. The maximum absolute atomic E-state index is 12.3. The predicted octanol–water partition coefficient (Wildman–Crippen LogP) is 3.98. The molecule has 1 aromatic carbocycles. The molecule has 1 saturated carbocycles. The summed E-state index contributed by atoms with van der Waals surface area (Å²) >= 11 is 0. The van der Waals surface area contributed by atoms with Gasteiger partial charge in [-0.05, 0) is 57.7 Å². The van der Waals surface area contributed by atoms with Gasteiger partial charge in [0, 0.05) is 0 Å². The Morgan fingerprint density at radius 1 is 1.15 bits per heavy atom. The van der Waals surface area contributed by atoms with Gasteiger partial charge >= 0.3 is 0 Å². The highest BCUT2D eigenvalue weighted by molar-refractivity contribution is 7.86. The zero-order chi connectivity index (χ0) is 14.8. The summed E-state index contributed by atoms with van der Waals surface area (Å²) in [5, 5.41) is 0. The van der Waals surface area contributed by atoms with Gasteiger partial charge in [0.25, 0.3) is 10.1 Å². The van der Waals surface area contributed by atoms with Crippen LogP contribution in [-0.4, -0.2) is 14.5 Å². The van der Waals surface area contributed by atoms with Crippen molar-refractivity contribution in [3.63, 3.8) is 0 Å². The molecule has 1 fully saturated rings. The van der Waals surface area contributed by atoms with Gasteiger partial charge in [0.15, 0.2) is 0 Å². The van der Waals surface area contributed by atoms with Crippen LogP contribution in [0, 0.1) is 6.92 Å². The van der Waals surface area contributed by atoms with Crippen molar-refractivity contribution in [2.45, 2.75) is 57.5 Å². The fourth-order valence-corrected chi connectivity index (χ4v) is 3.67. The molecule has 0 radical (unpaired) electrons. The molecule has 1 unspecified atom stereocenters. The number of hydrogen-bond acceptors (Lipinski definition) is 3. The van der Waals surface area contributed by atoms with Gasteiger partial charge in [-0.25, -0.2) is 0 Å². The maximum Gasteiger partial charge on any atom is 0.297 e. The SMILES string of the molecule is CC(C)=C1CCCCC1OS(=O)(=O)c1ccc(C)cc1. The fourth-order valence-electron chi connectivity index (χ4n) is 2.57. The number of aryl methyl sites for hydroxylation is 1. The second kappa shape index (κ2) is 6.10. The van der Waals surface area contributed by atoms with Crippen molar-refractivity contribution in [2.75, 3.05) is 0 Å². The zero-order valence-electron chi connectivity index (χ0n) is 12.3. The fraction of sp³-hybridized carbons (Fsp3) is 0.500. The summed E-state index contributed by atoms with van der Waals surface area (Å²) in [6.45, 7) is 5.98.